The molecule has 0 saturated carbocycles. The number of carboxylic acid groups (broad SMARTS) is 1. The molecule has 2 atom stereocenters. The monoisotopic (exact) mass is 371 g/mol. The summed E-state index contributed by atoms with van der Waals surface area (Å²) in [5, 5.41) is 9.42. The molecule has 2 aliphatic heterocycles. The lowest BCUT2D eigenvalue weighted by molar-refractivity contribution is 0.0692. The van der Waals surface area contributed by atoms with Crippen LogP contribution in [0.25, 0.3) is 0 Å². The molecule has 23 heavy (non-hydrogen) atoms. The lowest BCUT2D eigenvalue weighted by Gasteiger charge is -2.36. The van der Waals surface area contributed by atoms with Gasteiger partial charge in [0.1, 0.15) is 0 Å². The Morgan fingerprint density at radius 1 is 1.22 bits per heavy atom. The second-order valence-electron chi connectivity index (χ2n) is 6.08. The van der Waals surface area contributed by atoms with Crippen molar-refractivity contribution in [3.8, 4) is 0 Å². The zero-order valence-electron chi connectivity index (χ0n) is 12.4. The van der Waals surface area contributed by atoms with Crippen molar-refractivity contribution in [2.45, 2.75) is 25.3 Å². The number of para-hydroxylation sites is 1. The van der Waals surface area contributed by atoms with Crippen LogP contribution >= 0.6 is 15.9 Å². The van der Waals surface area contributed by atoms with Gasteiger partial charge in [0, 0.05) is 4.47 Å². The fourth-order valence-corrected chi connectivity index (χ4v) is 4.37. The van der Waals surface area contributed by atoms with Crippen molar-refractivity contribution in [3.63, 3.8) is 0 Å². The van der Waals surface area contributed by atoms with Crippen LogP contribution in [0.4, 0.5) is 5.69 Å². The summed E-state index contributed by atoms with van der Waals surface area (Å²) < 4.78 is 0.865. The average Bonchev–Trinajstić information content (AvgIpc) is 2.81. The van der Waals surface area contributed by atoms with E-state index in [1.54, 1.807) is 11.0 Å². The highest BCUT2D eigenvalue weighted by Crippen LogP contribution is 2.52. The number of carbonyl (C=O) groups is 2. The number of rotatable bonds is 1. The van der Waals surface area contributed by atoms with Gasteiger partial charge in [0.15, 0.2) is 0 Å². The number of carboxylic acids is 1. The highest BCUT2D eigenvalue weighted by Gasteiger charge is 2.45. The summed E-state index contributed by atoms with van der Waals surface area (Å²) >= 11 is 3.56. The highest BCUT2D eigenvalue weighted by atomic mass is 79.9. The summed E-state index contributed by atoms with van der Waals surface area (Å²) in [5.74, 6) is -0.977. The molecule has 0 aromatic heterocycles. The first-order valence-corrected chi connectivity index (χ1v) is 8.28. The molecule has 0 fully saturated rings. The topological polar surface area (TPSA) is 57.6 Å². The van der Waals surface area contributed by atoms with Crippen LogP contribution in [-0.2, 0) is 0 Å². The Morgan fingerprint density at radius 3 is 2.65 bits per heavy atom. The zero-order chi connectivity index (χ0) is 16.3. The molecule has 4 nitrogen and oxygen atoms in total. The second kappa shape index (κ2) is 4.93. The number of halogens is 1. The van der Waals surface area contributed by atoms with Crippen LogP contribution < -0.4 is 4.90 Å². The number of hydrogen-bond donors (Lipinski definition) is 1. The maximum Gasteiger partial charge on any atom is 0.336 e. The molecule has 0 aliphatic carbocycles. The summed E-state index contributed by atoms with van der Waals surface area (Å²) in [6.07, 6.45) is 0.797. The first kappa shape index (κ1) is 14.5. The number of benzene rings is 2. The maximum absolute atomic E-state index is 13.0. The van der Waals surface area contributed by atoms with Crippen LogP contribution in [0.15, 0.2) is 40.9 Å². The lowest BCUT2D eigenvalue weighted by Crippen LogP contribution is -2.33. The third-order valence-electron chi connectivity index (χ3n) is 4.80. The number of fused-ring (bicyclic) bond motifs is 5. The summed E-state index contributed by atoms with van der Waals surface area (Å²) in [4.78, 5) is 26.3. The van der Waals surface area contributed by atoms with E-state index < -0.39 is 5.97 Å². The molecule has 1 amide bonds. The summed E-state index contributed by atoms with van der Waals surface area (Å²) in [5.41, 5.74) is 3.23. The van der Waals surface area contributed by atoms with E-state index in [1.165, 1.54) is 6.07 Å². The number of hydrogen-bond acceptors (Lipinski definition) is 2. The molecule has 0 bridgehead atoms. The Hall–Kier alpha value is -2.14. The first-order valence-electron chi connectivity index (χ1n) is 7.49. The van der Waals surface area contributed by atoms with Gasteiger partial charge in [0.25, 0.3) is 5.91 Å². The molecular weight excluding hydrogens is 358 g/mol. The van der Waals surface area contributed by atoms with Crippen LogP contribution in [0.3, 0.4) is 0 Å². The molecule has 2 aliphatic rings. The van der Waals surface area contributed by atoms with Crippen LogP contribution in [0, 0.1) is 0 Å². The van der Waals surface area contributed by atoms with E-state index in [0.717, 1.165) is 27.7 Å². The van der Waals surface area contributed by atoms with Crippen LogP contribution in [0.1, 0.15) is 57.1 Å². The van der Waals surface area contributed by atoms with Gasteiger partial charge in [-0.3, -0.25) is 9.69 Å². The largest absolute Gasteiger partial charge is 0.478 e. The van der Waals surface area contributed by atoms with E-state index in [4.69, 9.17) is 0 Å². The molecule has 2 aromatic rings. The third-order valence-corrected chi connectivity index (χ3v) is 5.44. The van der Waals surface area contributed by atoms with E-state index in [1.807, 2.05) is 24.3 Å². The molecule has 0 unspecified atom stereocenters. The second-order valence-corrected chi connectivity index (χ2v) is 6.93. The standard InChI is InChI=1S/C18H14BrNO3/c1-9-8-14-11-5-2-6-12(18(22)23)15(11)17(21)20(14)16-10(9)4-3-7-13(16)19/h2-7,9,14H,8H2,1H3,(H,22,23)/t9-,14-/m1/s1. The molecular formula is C18H14BrNO3. The van der Waals surface area contributed by atoms with Crippen molar-refractivity contribution in [1.82, 2.24) is 0 Å². The summed E-state index contributed by atoms with van der Waals surface area (Å²) in [6.45, 7) is 2.14. The maximum atomic E-state index is 13.0. The fraction of sp³-hybridized carbons (Fsp3) is 0.222. The summed E-state index contributed by atoms with van der Waals surface area (Å²) in [6, 6.07) is 10.9. The SMILES string of the molecule is C[C@@H]1C[C@@H]2c3cccc(C(=O)O)c3C(=O)N2c2c(Br)cccc21. The molecule has 4 rings (SSSR count). The molecule has 116 valence electrons. The third kappa shape index (κ3) is 1.89. The van der Waals surface area contributed by atoms with Gasteiger partial charge in [-0.15, -0.1) is 0 Å². The number of aromatic carboxylic acids is 1. The fourth-order valence-electron chi connectivity index (χ4n) is 3.80. The quantitative estimate of drug-likeness (QED) is 0.810. The highest BCUT2D eigenvalue weighted by molar-refractivity contribution is 9.10. The van der Waals surface area contributed by atoms with E-state index in [2.05, 4.69) is 22.9 Å². The Kier molecular flexibility index (Phi) is 3.10. The Bertz CT molecular complexity index is 861. The first-order chi connectivity index (χ1) is 11.0. The molecule has 1 N–H and O–H groups in total. The number of carbonyl (C=O) groups excluding carboxylic acids is 1. The molecule has 2 aromatic carbocycles. The molecule has 0 radical (unpaired) electrons. The number of amides is 1. The molecule has 2 heterocycles. The van der Waals surface area contributed by atoms with E-state index in [-0.39, 0.29) is 17.5 Å². The van der Waals surface area contributed by atoms with Crippen molar-refractivity contribution in [3.05, 3.63) is 63.1 Å². The predicted molar refractivity (Wildman–Crippen MR) is 90.1 cm³/mol. The van der Waals surface area contributed by atoms with Crippen molar-refractivity contribution >= 4 is 33.5 Å². The van der Waals surface area contributed by atoms with Crippen molar-refractivity contribution in [1.29, 1.82) is 0 Å². The van der Waals surface area contributed by atoms with Crippen LogP contribution in [-0.4, -0.2) is 17.0 Å². The van der Waals surface area contributed by atoms with Crippen molar-refractivity contribution < 1.29 is 14.7 Å². The minimum absolute atomic E-state index is 0.0863. The van der Waals surface area contributed by atoms with Gasteiger partial charge < -0.3 is 5.11 Å². The molecule has 5 heteroatoms. The number of anilines is 1. The van der Waals surface area contributed by atoms with Gasteiger partial charge in [0.05, 0.1) is 22.9 Å². The van der Waals surface area contributed by atoms with Gasteiger partial charge in [-0.05, 0) is 51.5 Å². The van der Waals surface area contributed by atoms with Crippen molar-refractivity contribution in [2.24, 2.45) is 0 Å². The zero-order valence-corrected chi connectivity index (χ0v) is 14.0. The number of nitrogens with zero attached hydrogens (tertiary/aromatic N) is 1. The van der Waals surface area contributed by atoms with Gasteiger partial charge >= 0.3 is 5.97 Å². The minimum atomic E-state index is -1.06. The Labute approximate surface area is 141 Å². The van der Waals surface area contributed by atoms with E-state index in [9.17, 15) is 14.7 Å². The van der Waals surface area contributed by atoms with Crippen LogP contribution in [0.5, 0.6) is 0 Å². The van der Waals surface area contributed by atoms with E-state index in [0.29, 0.717) is 11.5 Å². The van der Waals surface area contributed by atoms with Gasteiger partial charge in [-0.25, -0.2) is 4.79 Å². The Balaban J connectivity index is 1.98. The normalized spacial score (nSPS) is 21.7. The van der Waals surface area contributed by atoms with Crippen molar-refractivity contribution in [2.75, 3.05) is 4.90 Å². The minimum Gasteiger partial charge on any atom is -0.478 e. The predicted octanol–water partition coefficient (Wildman–Crippen LogP) is 4.36. The van der Waals surface area contributed by atoms with Gasteiger partial charge in [-0.2, -0.15) is 0 Å². The van der Waals surface area contributed by atoms with Gasteiger partial charge in [-0.1, -0.05) is 31.2 Å². The average molecular weight is 372 g/mol. The van der Waals surface area contributed by atoms with Gasteiger partial charge in [0.2, 0.25) is 0 Å². The van der Waals surface area contributed by atoms with E-state index >= 15 is 0 Å². The van der Waals surface area contributed by atoms with Crippen LogP contribution in [0.2, 0.25) is 0 Å². The Morgan fingerprint density at radius 2 is 1.91 bits per heavy atom. The molecule has 0 spiro atoms. The smallest absolute Gasteiger partial charge is 0.336 e. The molecule has 0 saturated heterocycles. The lowest BCUT2D eigenvalue weighted by atomic mass is 9.85. The summed E-state index contributed by atoms with van der Waals surface area (Å²) in [7, 11) is 0.